The third-order valence-corrected chi connectivity index (χ3v) is 2.51. The van der Waals surface area contributed by atoms with Crippen LogP contribution in [0.2, 0.25) is 0 Å². The molecular formula is C14H20F3NO3. The molecule has 0 fully saturated rings. The van der Waals surface area contributed by atoms with Gasteiger partial charge >= 0.3 is 6.36 Å². The van der Waals surface area contributed by atoms with Crippen LogP contribution in [0.3, 0.4) is 0 Å². The molecule has 0 amide bonds. The van der Waals surface area contributed by atoms with Crippen molar-refractivity contribution in [2.24, 2.45) is 0 Å². The Hall–Kier alpha value is -1.47. The maximum atomic E-state index is 12.3. The Morgan fingerprint density at radius 2 is 1.71 bits per heavy atom. The lowest BCUT2D eigenvalue weighted by Gasteiger charge is -2.18. The number of para-hydroxylation sites is 2. The number of hydrogen-bond donors (Lipinski definition) is 1. The number of halogens is 3. The van der Waals surface area contributed by atoms with Crippen LogP contribution in [0.5, 0.6) is 5.75 Å². The van der Waals surface area contributed by atoms with Crippen molar-refractivity contribution in [2.75, 3.05) is 25.1 Å². The number of nitrogens with one attached hydrogen (secondary N) is 1. The monoisotopic (exact) mass is 307 g/mol. The number of rotatable bonds is 9. The van der Waals surface area contributed by atoms with E-state index in [-0.39, 0.29) is 17.7 Å². The first-order valence-electron chi connectivity index (χ1n) is 6.78. The molecule has 0 aliphatic carbocycles. The highest BCUT2D eigenvalue weighted by atomic mass is 19.4. The second-order valence-corrected chi connectivity index (χ2v) is 4.10. The Balaban J connectivity index is 2.54. The van der Waals surface area contributed by atoms with E-state index < -0.39 is 6.36 Å². The Kier molecular flexibility index (Phi) is 7.31. The fourth-order valence-corrected chi connectivity index (χ4v) is 1.74. The van der Waals surface area contributed by atoms with Crippen molar-refractivity contribution in [3.8, 4) is 5.75 Å². The summed E-state index contributed by atoms with van der Waals surface area (Å²) in [5.41, 5.74) is 0.279. The van der Waals surface area contributed by atoms with Gasteiger partial charge in [-0.3, -0.25) is 0 Å². The molecule has 0 unspecified atom stereocenters. The average Bonchev–Trinajstić information content (AvgIpc) is 2.39. The quantitative estimate of drug-likeness (QED) is 0.705. The summed E-state index contributed by atoms with van der Waals surface area (Å²) in [6.07, 6.45) is -4.57. The van der Waals surface area contributed by atoms with Gasteiger partial charge in [0.25, 0.3) is 0 Å². The first-order valence-corrected chi connectivity index (χ1v) is 6.78. The molecule has 120 valence electrons. The molecule has 0 saturated carbocycles. The van der Waals surface area contributed by atoms with Crippen molar-refractivity contribution >= 4 is 5.69 Å². The number of benzene rings is 1. The predicted octanol–water partition coefficient (Wildman–Crippen LogP) is 3.79. The summed E-state index contributed by atoms with van der Waals surface area (Å²) in [7, 11) is 0. The molecule has 21 heavy (non-hydrogen) atoms. The van der Waals surface area contributed by atoms with Crippen LogP contribution < -0.4 is 10.1 Å². The van der Waals surface area contributed by atoms with E-state index in [0.29, 0.717) is 26.2 Å². The summed E-state index contributed by atoms with van der Waals surface area (Å²) < 4.78 is 51.5. The van der Waals surface area contributed by atoms with Crippen molar-refractivity contribution in [1.82, 2.24) is 0 Å². The minimum absolute atomic E-state index is 0.255. The molecule has 0 saturated heterocycles. The predicted molar refractivity (Wildman–Crippen MR) is 73.3 cm³/mol. The zero-order valence-electron chi connectivity index (χ0n) is 12.1. The Labute approximate surface area is 122 Å². The second-order valence-electron chi connectivity index (χ2n) is 4.10. The van der Waals surface area contributed by atoms with Gasteiger partial charge in [-0.2, -0.15) is 0 Å². The van der Waals surface area contributed by atoms with Crippen molar-refractivity contribution < 1.29 is 27.4 Å². The number of ether oxygens (including phenoxy) is 3. The van der Waals surface area contributed by atoms with E-state index in [1.54, 1.807) is 6.07 Å². The number of hydrogen-bond acceptors (Lipinski definition) is 4. The van der Waals surface area contributed by atoms with Gasteiger partial charge in [-0.05, 0) is 26.0 Å². The van der Waals surface area contributed by atoms with Gasteiger partial charge in [-0.25, -0.2) is 0 Å². The highest BCUT2D eigenvalue weighted by molar-refractivity contribution is 5.56. The topological polar surface area (TPSA) is 39.7 Å². The molecule has 0 aliphatic rings. The van der Waals surface area contributed by atoms with Crippen LogP contribution in [0.25, 0.3) is 0 Å². The molecule has 7 heteroatoms. The minimum atomic E-state index is -4.71. The third kappa shape index (κ3) is 7.19. The van der Waals surface area contributed by atoms with Gasteiger partial charge in [0, 0.05) is 26.2 Å². The van der Waals surface area contributed by atoms with Crippen LogP contribution in [-0.4, -0.2) is 32.4 Å². The van der Waals surface area contributed by atoms with Crippen LogP contribution in [-0.2, 0) is 9.47 Å². The molecule has 0 aromatic heterocycles. The fraction of sp³-hybridized carbons (Fsp3) is 0.571. The molecule has 0 spiro atoms. The maximum Gasteiger partial charge on any atom is 0.573 e. The van der Waals surface area contributed by atoms with Crippen molar-refractivity contribution in [3.63, 3.8) is 0 Å². The molecule has 1 aromatic carbocycles. The smallest absolute Gasteiger partial charge is 0.404 e. The van der Waals surface area contributed by atoms with E-state index in [1.807, 2.05) is 13.8 Å². The van der Waals surface area contributed by atoms with E-state index in [4.69, 9.17) is 9.47 Å². The third-order valence-electron chi connectivity index (χ3n) is 2.51. The molecule has 0 radical (unpaired) electrons. The van der Waals surface area contributed by atoms with E-state index in [0.717, 1.165) is 0 Å². The first kappa shape index (κ1) is 17.6. The zero-order valence-corrected chi connectivity index (χ0v) is 12.1. The van der Waals surface area contributed by atoms with Gasteiger partial charge < -0.3 is 19.5 Å². The summed E-state index contributed by atoms with van der Waals surface area (Å²) in [5.74, 6) is -0.255. The molecule has 0 heterocycles. The number of anilines is 1. The molecule has 0 bridgehead atoms. The summed E-state index contributed by atoms with van der Waals surface area (Å²) in [6, 6.07) is 5.90. The molecule has 1 rings (SSSR count). The summed E-state index contributed by atoms with van der Waals surface area (Å²) >= 11 is 0. The molecule has 0 aliphatic heterocycles. The summed E-state index contributed by atoms with van der Waals surface area (Å²) in [6.45, 7) is 5.14. The van der Waals surface area contributed by atoms with E-state index in [1.165, 1.54) is 18.2 Å². The van der Waals surface area contributed by atoms with Crippen molar-refractivity contribution in [2.45, 2.75) is 32.9 Å². The van der Waals surface area contributed by atoms with Gasteiger partial charge in [-0.15, -0.1) is 13.2 Å². The van der Waals surface area contributed by atoms with E-state index >= 15 is 0 Å². The van der Waals surface area contributed by atoms with E-state index in [2.05, 4.69) is 10.1 Å². The number of alkyl halides is 3. The van der Waals surface area contributed by atoms with Crippen molar-refractivity contribution in [3.05, 3.63) is 24.3 Å². The van der Waals surface area contributed by atoms with E-state index in [9.17, 15) is 13.2 Å². The first-order chi connectivity index (χ1) is 9.96. The Morgan fingerprint density at radius 3 is 2.29 bits per heavy atom. The van der Waals surface area contributed by atoms with Crippen LogP contribution in [0, 0.1) is 0 Å². The van der Waals surface area contributed by atoms with Gasteiger partial charge in [-0.1, -0.05) is 12.1 Å². The lowest BCUT2D eigenvalue weighted by atomic mass is 10.3. The maximum absolute atomic E-state index is 12.3. The highest BCUT2D eigenvalue weighted by Crippen LogP contribution is 2.29. The highest BCUT2D eigenvalue weighted by Gasteiger charge is 2.32. The second kappa shape index (κ2) is 8.74. The SMILES string of the molecule is CCOC(CCNc1ccccc1OC(F)(F)F)OCC. The molecule has 4 nitrogen and oxygen atoms in total. The Bertz CT molecular complexity index is 407. The van der Waals surface area contributed by atoms with Crippen molar-refractivity contribution in [1.29, 1.82) is 0 Å². The van der Waals surface area contributed by atoms with Crippen LogP contribution >= 0.6 is 0 Å². The minimum Gasteiger partial charge on any atom is -0.404 e. The summed E-state index contributed by atoms with van der Waals surface area (Å²) in [5, 5.41) is 2.90. The lowest BCUT2D eigenvalue weighted by Crippen LogP contribution is -2.22. The van der Waals surface area contributed by atoms with Gasteiger partial charge in [0.15, 0.2) is 12.0 Å². The molecule has 0 atom stereocenters. The average molecular weight is 307 g/mol. The molecule has 1 N–H and O–H groups in total. The van der Waals surface area contributed by atoms with Crippen LogP contribution in [0.1, 0.15) is 20.3 Å². The zero-order chi connectivity index (χ0) is 15.7. The van der Waals surface area contributed by atoms with Gasteiger partial charge in [0.2, 0.25) is 0 Å². The van der Waals surface area contributed by atoms with Crippen LogP contribution in [0.4, 0.5) is 18.9 Å². The summed E-state index contributed by atoms with van der Waals surface area (Å²) in [4.78, 5) is 0. The van der Waals surface area contributed by atoms with Gasteiger partial charge in [0.1, 0.15) is 0 Å². The standard InChI is InChI=1S/C14H20F3NO3/c1-3-19-13(20-4-2)9-10-18-11-7-5-6-8-12(11)21-14(15,16)17/h5-8,13,18H,3-4,9-10H2,1-2H3. The van der Waals surface area contributed by atoms with Crippen LogP contribution in [0.15, 0.2) is 24.3 Å². The molecule has 1 aromatic rings. The molecular weight excluding hydrogens is 287 g/mol. The normalized spacial score (nSPS) is 11.7. The lowest BCUT2D eigenvalue weighted by molar-refractivity contribution is -0.274. The Morgan fingerprint density at radius 1 is 1.10 bits per heavy atom. The fourth-order valence-electron chi connectivity index (χ4n) is 1.74. The largest absolute Gasteiger partial charge is 0.573 e. The van der Waals surface area contributed by atoms with Gasteiger partial charge in [0.05, 0.1) is 5.69 Å².